The fourth-order valence-corrected chi connectivity index (χ4v) is 4.09. The highest BCUT2D eigenvalue weighted by atomic mass is 32.1. The molecule has 0 aliphatic heterocycles. The van der Waals surface area contributed by atoms with E-state index in [-0.39, 0.29) is 5.69 Å². The number of aromatic nitrogens is 2. The van der Waals surface area contributed by atoms with Gasteiger partial charge in [0.1, 0.15) is 4.64 Å². The van der Waals surface area contributed by atoms with E-state index in [1.165, 1.54) is 43.4 Å². The van der Waals surface area contributed by atoms with Crippen LogP contribution < -0.4 is 5.69 Å². The molecule has 0 aromatic carbocycles. The van der Waals surface area contributed by atoms with E-state index in [2.05, 4.69) is 16.5 Å². The third-order valence-corrected chi connectivity index (χ3v) is 5.19. The van der Waals surface area contributed by atoms with Crippen molar-refractivity contribution in [3.05, 3.63) is 26.4 Å². The minimum atomic E-state index is 0.0180. The van der Waals surface area contributed by atoms with Crippen molar-refractivity contribution in [1.29, 1.82) is 0 Å². The van der Waals surface area contributed by atoms with Gasteiger partial charge in [0.2, 0.25) is 0 Å². The molecule has 2 aliphatic carbocycles. The predicted molar refractivity (Wildman–Crippen MR) is 79.2 cm³/mol. The molecule has 1 N–H and O–H groups in total. The standard InChI is InChI=1S/C15H22N2OS/c1-10-6-2-4-8-12(10)17-13-9-5-3-7-11(13)14(19)16-15(17)18/h10,12H,2-9H2,1H3,(H,16,18,19). The van der Waals surface area contributed by atoms with E-state index in [9.17, 15) is 4.79 Å². The number of fused-ring (bicyclic) bond motifs is 1. The van der Waals surface area contributed by atoms with Gasteiger partial charge in [0.15, 0.2) is 0 Å². The quantitative estimate of drug-likeness (QED) is 0.798. The largest absolute Gasteiger partial charge is 0.326 e. The van der Waals surface area contributed by atoms with E-state index >= 15 is 0 Å². The number of rotatable bonds is 1. The predicted octanol–water partition coefficient (Wildman–Crippen LogP) is 3.54. The van der Waals surface area contributed by atoms with E-state index < -0.39 is 0 Å². The monoisotopic (exact) mass is 278 g/mol. The number of nitrogens with one attached hydrogen (secondary N) is 1. The van der Waals surface area contributed by atoms with Crippen LogP contribution in [0, 0.1) is 10.6 Å². The Labute approximate surface area is 119 Å². The van der Waals surface area contributed by atoms with E-state index in [1.807, 2.05) is 0 Å². The lowest BCUT2D eigenvalue weighted by molar-refractivity contribution is 0.242. The van der Waals surface area contributed by atoms with Gasteiger partial charge in [-0.05, 0) is 44.4 Å². The highest BCUT2D eigenvalue weighted by Crippen LogP contribution is 2.34. The van der Waals surface area contributed by atoms with Gasteiger partial charge in [-0.2, -0.15) is 0 Å². The van der Waals surface area contributed by atoms with Gasteiger partial charge in [0, 0.05) is 17.3 Å². The van der Waals surface area contributed by atoms with Crippen LogP contribution in [0.25, 0.3) is 0 Å². The summed E-state index contributed by atoms with van der Waals surface area (Å²) in [5, 5.41) is 0. The summed E-state index contributed by atoms with van der Waals surface area (Å²) in [4.78, 5) is 15.3. The van der Waals surface area contributed by atoms with Crippen LogP contribution in [-0.4, -0.2) is 9.55 Å². The molecule has 3 rings (SSSR count). The maximum atomic E-state index is 12.4. The van der Waals surface area contributed by atoms with Crippen LogP contribution in [0.4, 0.5) is 0 Å². The van der Waals surface area contributed by atoms with Crippen molar-refractivity contribution in [2.45, 2.75) is 64.3 Å². The summed E-state index contributed by atoms with van der Waals surface area (Å²) in [6.07, 6.45) is 9.36. The fraction of sp³-hybridized carbons (Fsp3) is 0.733. The van der Waals surface area contributed by atoms with Gasteiger partial charge in [-0.15, -0.1) is 0 Å². The average Bonchev–Trinajstić information content (AvgIpc) is 2.41. The molecule has 2 atom stereocenters. The second-order valence-corrected chi connectivity index (χ2v) is 6.50. The third kappa shape index (κ3) is 2.31. The molecule has 104 valence electrons. The van der Waals surface area contributed by atoms with Crippen molar-refractivity contribution in [2.24, 2.45) is 5.92 Å². The maximum absolute atomic E-state index is 12.4. The van der Waals surface area contributed by atoms with Crippen LogP contribution >= 0.6 is 12.2 Å². The Bertz CT molecular complexity index is 587. The molecular weight excluding hydrogens is 256 g/mol. The van der Waals surface area contributed by atoms with E-state index in [4.69, 9.17) is 12.2 Å². The summed E-state index contributed by atoms with van der Waals surface area (Å²) in [6, 6.07) is 0.375. The molecule has 4 heteroatoms. The summed E-state index contributed by atoms with van der Waals surface area (Å²) in [7, 11) is 0. The van der Waals surface area contributed by atoms with Crippen LogP contribution in [0.1, 0.15) is 62.7 Å². The molecule has 1 aromatic rings. The summed E-state index contributed by atoms with van der Waals surface area (Å²) in [5.74, 6) is 0.599. The molecule has 1 saturated carbocycles. The lowest BCUT2D eigenvalue weighted by Crippen LogP contribution is -2.36. The smallest absolute Gasteiger partial charge is 0.298 e. The van der Waals surface area contributed by atoms with Gasteiger partial charge in [0.05, 0.1) is 0 Å². The minimum Gasteiger partial charge on any atom is -0.298 e. The molecule has 2 aliphatic rings. The zero-order chi connectivity index (χ0) is 13.4. The Hall–Kier alpha value is -0.900. The molecule has 1 fully saturated rings. The molecule has 0 spiro atoms. The number of aromatic amines is 1. The Morgan fingerprint density at radius 3 is 2.68 bits per heavy atom. The molecule has 1 heterocycles. The van der Waals surface area contributed by atoms with E-state index in [0.29, 0.717) is 16.6 Å². The van der Waals surface area contributed by atoms with Gasteiger partial charge in [-0.1, -0.05) is 32.0 Å². The normalized spacial score (nSPS) is 27.0. The first-order valence-corrected chi connectivity index (χ1v) is 7.96. The van der Waals surface area contributed by atoms with Crippen molar-refractivity contribution in [2.75, 3.05) is 0 Å². The van der Waals surface area contributed by atoms with Crippen LogP contribution in [0.2, 0.25) is 0 Å². The Balaban J connectivity index is 2.14. The summed E-state index contributed by atoms with van der Waals surface area (Å²) in [6.45, 7) is 2.28. The van der Waals surface area contributed by atoms with Crippen LogP contribution in [-0.2, 0) is 12.8 Å². The molecule has 19 heavy (non-hydrogen) atoms. The van der Waals surface area contributed by atoms with Crippen LogP contribution in [0.3, 0.4) is 0 Å². The first-order chi connectivity index (χ1) is 9.18. The molecule has 0 radical (unpaired) electrons. The van der Waals surface area contributed by atoms with Crippen LogP contribution in [0.15, 0.2) is 4.79 Å². The zero-order valence-electron chi connectivity index (χ0n) is 11.6. The van der Waals surface area contributed by atoms with Gasteiger partial charge in [-0.3, -0.25) is 9.55 Å². The van der Waals surface area contributed by atoms with E-state index in [0.717, 1.165) is 19.3 Å². The summed E-state index contributed by atoms with van der Waals surface area (Å²) < 4.78 is 2.74. The van der Waals surface area contributed by atoms with Crippen molar-refractivity contribution in [3.8, 4) is 0 Å². The number of hydrogen-bond donors (Lipinski definition) is 1. The Morgan fingerprint density at radius 1 is 1.16 bits per heavy atom. The van der Waals surface area contributed by atoms with Crippen molar-refractivity contribution in [3.63, 3.8) is 0 Å². The number of nitrogens with zero attached hydrogens (tertiary/aromatic N) is 1. The number of hydrogen-bond acceptors (Lipinski definition) is 2. The first kappa shape index (κ1) is 13.1. The van der Waals surface area contributed by atoms with Crippen molar-refractivity contribution >= 4 is 12.2 Å². The molecule has 3 nitrogen and oxygen atoms in total. The van der Waals surface area contributed by atoms with Gasteiger partial charge in [-0.25, -0.2) is 4.79 Å². The van der Waals surface area contributed by atoms with Gasteiger partial charge < -0.3 is 0 Å². The third-order valence-electron chi connectivity index (χ3n) is 4.84. The second-order valence-electron chi connectivity index (χ2n) is 6.09. The van der Waals surface area contributed by atoms with Gasteiger partial charge in [0.25, 0.3) is 0 Å². The molecule has 0 saturated heterocycles. The molecule has 0 amide bonds. The maximum Gasteiger partial charge on any atom is 0.326 e. The lowest BCUT2D eigenvalue weighted by Gasteiger charge is -2.33. The lowest BCUT2D eigenvalue weighted by atomic mass is 9.85. The SMILES string of the molecule is CC1CCCCC1n1c2c(c(=S)[nH]c1=O)CCCC2. The average molecular weight is 278 g/mol. The fourth-order valence-electron chi connectivity index (χ4n) is 3.79. The topological polar surface area (TPSA) is 37.8 Å². The van der Waals surface area contributed by atoms with Crippen molar-refractivity contribution in [1.82, 2.24) is 9.55 Å². The molecule has 2 unspecified atom stereocenters. The van der Waals surface area contributed by atoms with Crippen molar-refractivity contribution < 1.29 is 0 Å². The highest BCUT2D eigenvalue weighted by molar-refractivity contribution is 7.71. The van der Waals surface area contributed by atoms with Gasteiger partial charge >= 0.3 is 5.69 Å². The molecule has 1 aromatic heterocycles. The van der Waals surface area contributed by atoms with E-state index in [1.54, 1.807) is 0 Å². The summed E-state index contributed by atoms with van der Waals surface area (Å²) >= 11 is 5.35. The summed E-state index contributed by atoms with van der Waals surface area (Å²) in [5.41, 5.74) is 2.49. The Morgan fingerprint density at radius 2 is 1.89 bits per heavy atom. The molecule has 0 bridgehead atoms. The number of H-pyrrole nitrogens is 1. The Kier molecular flexibility index (Phi) is 3.61. The van der Waals surface area contributed by atoms with Crippen LogP contribution in [0.5, 0.6) is 0 Å². The first-order valence-electron chi connectivity index (χ1n) is 7.55. The molecular formula is C15H22N2OS. The highest BCUT2D eigenvalue weighted by Gasteiger charge is 2.27. The zero-order valence-corrected chi connectivity index (χ0v) is 12.4. The second kappa shape index (κ2) is 5.23. The minimum absolute atomic E-state index is 0.0180.